The van der Waals surface area contributed by atoms with Gasteiger partial charge in [-0.3, -0.25) is 0 Å². The Morgan fingerprint density at radius 1 is 1.24 bits per heavy atom. The maximum Gasteiger partial charge on any atom is 0.122 e. The lowest BCUT2D eigenvalue weighted by atomic mass is 10.0. The summed E-state index contributed by atoms with van der Waals surface area (Å²) in [7, 11) is 1.70. The highest BCUT2D eigenvalue weighted by molar-refractivity contribution is 9.10. The summed E-state index contributed by atoms with van der Waals surface area (Å²) in [5.41, 5.74) is 7.02. The molecule has 1 unspecified atom stereocenters. The van der Waals surface area contributed by atoms with Crippen LogP contribution in [0.3, 0.4) is 0 Å². The van der Waals surface area contributed by atoms with E-state index in [0.717, 1.165) is 22.2 Å². The quantitative estimate of drug-likeness (QED) is 0.940. The first kappa shape index (κ1) is 12.4. The Balaban J connectivity index is 2.57. The van der Waals surface area contributed by atoms with E-state index >= 15 is 0 Å². The van der Waals surface area contributed by atoms with Crippen LogP contribution in [0.25, 0.3) is 10.8 Å². The molecule has 1 atom stereocenters. The van der Waals surface area contributed by atoms with Crippen molar-refractivity contribution in [1.82, 2.24) is 0 Å². The summed E-state index contributed by atoms with van der Waals surface area (Å²) < 4.78 is 6.50. The van der Waals surface area contributed by atoms with Crippen molar-refractivity contribution in [1.29, 1.82) is 0 Å². The fraction of sp³-hybridized carbons (Fsp3) is 0.286. The van der Waals surface area contributed by atoms with Crippen molar-refractivity contribution in [3.8, 4) is 5.75 Å². The van der Waals surface area contributed by atoms with Gasteiger partial charge in [-0.2, -0.15) is 0 Å². The number of hydrogen-bond acceptors (Lipinski definition) is 2. The van der Waals surface area contributed by atoms with Crippen LogP contribution in [0.1, 0.15) is 12.5 Å². The van der Waals surface area contributed by atoms with Gasteiger partial charge in [0.1, 0.15) is 5.75 Å². The summed E-state index contributed by atoms with van der Waals surface area (Å²) in [4.78, 5) is 0. The average Bonchev–Trinajstić information content (AvgIpc) is 2.27. The molecule has 0 radical (unpaired) electrons. The number of ether oxygens (including phenoxy) is 1. The Hall–Kier alpha value is -1.06. The minimum atomic E-state index is 0.133. The molecule has 0 fully saturated rings. The molecule has 2 rings (SSSR count). The standard InChI is InChI=1S/C14H16BrNO/c1-9(16)5-12-6-11-7-13(15)4-3-10(11)8-14(12)17-2/h3-4,6-9H,5,16H2,1-2H3. The van der Waals surface area contributed by atoms with Crippen LogP contribution in [0.15, 0.2) is 34.8 Å². The zero-order chi connectivity index (χ0) is 12.4. The number of benzene rings is 2. The van der Waals surface area contributed by atoms with Crippen LogP contribution >= 0.6 is 15.9 Å². The van der Waals surface area contributed by atoms with Gasteiger partial charge in [-0.25, -0.2) is 0 Å². The number of nitrogens with two attached hydrogens (primary N) is 1. The van der Waals surface area contributed by atoms with Gasteiger partial charge in [0.05, 0.1) is 7.11 Å². The second-order valence-electron chi connectivity index (χ2n) is 4.34. The fourth-order valence-electron chi connectivity index (χ4n) is 1.99. The lowest BCUT2D eigenvalue weighted by Crippen LogP contribution is -2.18. The highest BCUT2D eigenvalue weighted by Crippen LogP contribution is 2.28. The molecule has 0 aliphatic carbocycles. The van der Waals surface area contributed by atoms with E-state index in [1.54, 1.807) is 7.11 Å². The number of fused-ring (bicyclic) bond motifs is 1. The van der Waals surface area contributed by atoms with Gasteiger partial charge in [-0.05, 0) is 53.9 Å². The SMILES string of the molecule is COc1cc2ccc(Br)cc2cc1CC(C)N. The summed E-state index contributed by atoms with van der Waals surface area (Å²) >= 11 is 3.49. The Morgan fingerprint density at radius 2 is 2.00 bits per heavy atom. The van der Waals surface area contributed by atoms with E-state index in [2.05, 4.69) is 40.2 Å². The molecule has 2 aromatic carbocycles. The zero-order valence-corrected chi connectivity index (χ0v) is 11.6. The first-order valence-corrected chi connectivity index (χ1v) is 6.41. The van der Waals surface area contributed by atoms with Gasteiger partial charge in [0.2, 0.25) is 0 Å². The van der Waals surface area contributed by atoms with E-state index < -0.39 is 0 Å². The molecule has 0 heterocycles. The first-order chi connectivity index (χ1) is 8.10. The van der Waals surface area contributed by atoms with E-state index in [0.29, 0.717) is 0 Å². The van der Waals surface area contributed by atoms with Gasteiger partial charge in [0.25, 0.3) is 0 Å². The Labute approximate surface area is 110 Å². The molecule has 0 bridgehead atoms. The van der Waals surface area contributed by atoms with Crippen molar-refractivity contribution >= 4 is 26.7 Å². The third-order valence-electron chi connectivity index (χ3n) is 2.74. The normalized spacial score (nSPS) is 12.7. The molecule has 3 heteroatoms. The molecular formula is C14H16BrNO. The fourth-order valence-corrected chi connectivity index (χ4v) is 2.37. The van der Waals surface area contributed by atoms with Crippen LogP contribution in [-0.2, 0) is 6.42 Å². The molecule has 0 saturated heterocycles. The van der Waals surface area contributed by atoms with Crippen molar-refractivity contribution in [3.05, 3.63) is 40.4 Å². The van der Waals surface area contributed by atoms with Gasteiger partial charge in [-0.15, -0.1) is 0 Å². The van der Waals surface area contributed by atoms with Crippen molar-refractivity contribution in [2.45, 2.75) is 19.4 Å². The summed E-state index contributed by atoms with van der Waals surface area (Å²) in [6.45, 7) is 2.00. The summed E-state index contributed by atoms with van der Waals surface area (Å²) in [5, 5.41) is 2.38. The minimum absolute atomic E-state index is 0.133. The molecule has 0 spiro atoms. The second kappa shape index (κ2) is 5.07. The molecule has 17 heavy (non-hydrogen) atoms. The smallest absolute Gasteiger partial charge is 0.122 e. The lowest BCUT2D eigenvalue weighted by Gasteiger charge is -2.12. The van der Waals surface area contributed by atoms with E-state index in [4.69, 9.17) is 10.5 Å². The monoisotopic (exact) mass is 293 g/mol. The van der Waals surface area contributed by atoms with Crippen LogP contribution in [0, 0.1) is 0 Å². The van der Waals surface area contributed by atoms with Crippen LogP contribution < -0.4 is 10.5 Å². The highest BCUT2D eigenvalue weighted by Gasteiger charge is 2.07. The van der Waals surface area contributed by atoms with Crippen molar-refractivity contribution in [2.75, 3.05) is 7.11 Å². The maximum atomic E-state index is 5.86. The topological polar surface area (TPSA) is 35.2 Å². The molecule has 0 aromatic heterocycles. The highest BCUT2D eigenvalue weighted by atomic mass is 79.9. The molecule has 0 aliphatic rings. The average molecular weight is 294 g/mol. The molecule has 2 N–H and O–H groups in total. The first-order valence-electron chi connectivity index (χ1n) is 5.62. The zero-order valence-electron chi connectivity index (χ0n) is 10.0. The van der Waals surface area contributed by atoms with Gasteiger partial charge in [-0.1, -0.05) is 22.0 Å². The summed E-state index contributed by atoms with van der Waals surface area (Å²) in [6, 6.07) is 10.6. The number of halogens is 1. The molecular weight excluding hydrogens is 278 g/mol. The van der Waals surface area contributed by atoms with Crippen LogP contribution in [0.5, 0.6) is 5.75 Å². The Morgan fingerprint density at radius 3 is 2.65 bits per heavy atom. The largest absolute Gasteiger partial charge is 0.496 e. The summed E-state index contributed by atoms with van der Waals surface area (Å²) in [6.07, 6.45) is 0.825. The number of hydrogen-bond donors (Lipinski definition) is 1. The van der Waals surface area contributed by atoms with Gasteiger partial charge >= 0.3 is 0 Å². The van der Waals surface area contributed by atoms with E-state index in [1.165, 1.54) is 10.8 Å². The van der Waals surface area contributed by atoms with Gasteiger partial charge in [0, 0.05) is 10.5 Å². The van der Waals surface area contributed by atoms with E-state index in [9.17, 15) is 0 Å². The van der Waals surface area contributed by atoms with Crippen molar-refractivity contribution in [2.24, 2.45) is 5.73 Å². The Kier molecular flexibility index (Phi) is 3.69. The summed E-state index contributed by atoms with van der Waals surface area (Å²) in [5.74, 6) is 0.914. The molecule has 0 amide bonds. The van der Waals surface area contributed by atoms with Crippen LogP contribution in [0.4, 0.5) is 0 Å². The third-order valence-corrected chi connectivity index (χ3v) is 3.24. The number of rotatable bonds is 3. The lowest BCUT2D eigenvalue weighted by molar-refractivity contribution is 0.409. The van der Waals surface area contributed by atoms with E-state index in [-0.39, 0.29) is 6.04 Å². The molecule has 0 saturated carbocycles. The molecule has 2 nitrogen and oxygen atoms in total. The van der Waals surface area contributed by atoms with Crippen LogP contribution in [0.2, 0.25) is 0 Å². The van der Waals surface area contributed by atoms with Crippen molar-refractivity contribution in [3.63, 3.8) is 0 Å². The Bertz CT molecular complexity index is 537. The maximum absolute atomic E-state index is 5.86. The van der Waals surface area contributed by atoms with Gasteiger partial charge in [0.15, 0.2) is 0 Å². The van der Waals surface area contributed by atoms with E-state index in [1.807, 2.05) is 13.0 Å². The van der Waals surface area contributed by atoms with Crippen LogP contribution in [-0.4, -0.2) is 13.2 Å². The minimum Gasteiger partial charge on any atom is -0.496 e. The molecule has 90 valence electrons. The third kappa shape index (κ3) is 2.79. The van der Waals surface area contributed by atoms with Gasteiger partial charge < -0.3 is 10.5 Å². The predicted molar refractivity (Wildman–Crippen MR) is 75.6 cm³/mol. The van der Waals surface area contributed by atoms with Crippen molar-refractivity contribution < 1.29 is 4.74 Å². The predicted octanol–water partition coefficient (Wildman–Crippen LogP) is 3.50. The second-order valence-corrected chi connectivity index (χ2v) is 5.25. The molecule has 0 aliphatic heterocycles. The molecule has 2 aromatic rings. The number of methoxy groups -OCH3 is 1.